The van der Waals surface area contributed by atoms with Crippen LogP contribution in [0.2, 0.25) is 5.02 Å². The number of halogens is 2. The molecule has 1 aliphatic heterocycles. The molecule has 2 aliphatic carbocycles. The summed E-state index contributed by atoms with van der Waals surface area (Å²) in [6.45, 7) is 0.189. The van der Waals surface area contributed by atoms with Crippen molar-refractivity contribution in [3.05, 3.63) is 56.9 Å². The van der Waals surface area contributed by atoms with E-state index >= 15 is 0 Å². The molecule has 0 atom stereocenters. The number of methoxy groups -OCH3 is 1. The highest BCUT2D eigenvalue weighted by Gasteiger charge is 2.52. The molecule has 5 rings (SSSR count). The van der Waals surface area contributed by atoms with Gasteiger partial charge < -0.3 is 19.5 Å². The summed E-state index contributed by atoms with van der Waals surface area (Å²) in [6.07, 6.45) is 3.93. The average Bonchev–Trinajstić information content (AvgIpc) is 3.40. The smallest absolute Gasteiger partial charge is 0.331 e. The van der Waals surface area contributed by atoms with Crippen molar-refractivity contribution in [3.63, 3.8) is 0 Å². The van der Waals surface area contributed by atoms with Crippen LogP contribution in [0.4, 0.5) is 5.69 Å². The number of esters is 1. The van der Waals surface area contributed by atoms with Crippen LogP contribution in [0.25, 0.3) is 6.08 Å². The number of rotatable bonds is 3. The Morgan fingerprint density at radius 2 is 1.97 bits per heavy atom. The van der Waals surface area contributed by atoms with Gasteiger partial charge in [0.2, 0.25) is 6.79 Å². The number of hydrogen-bond acceptors (Lipinski definition) is 5. The molecule has 0 saturated heterocycles. The monoisotopic (exact) mass is 493 g/mol. The van der Waals surface area contributed by atoms with Crippen LogP contribution in [-0.2, 0) is 14.9 Å². The zero-order valence-corrected chi connectivity index (χ0v) is 18.5. The molecule has 0 aromatic heterocycles. The Kier molecular flexibility index (Phi) is 3.75. The summed E-state index contributed by atoms with van der Waals surface area (Å²) in [6, 6.07) is 2.56. The Bertz CT molecular complexity index is 1230. The molecule has 1 saturated carbocycles. The van der Waals surface area contributed by atoms with Crippen molar-refractivity contribution >= 4 is 45.3 Å². The molecule has 2 aromatic rings. The van der Waals surface area contributed by atoms with E-state index in [0.717, 1.165) is 15.6 Å². The standard InChI is InChI=1S/C23H21BrClNO4/c1-28-21(27)23(26-16-4-2-3-15(25)11-16)7-5-22(6-8-23)17-12-19-18(29-13-30-19)9-14(17)10-20(22)24/h2-4,9-12,26H,5-8,13H2,1H3/i2D,3D,4D,11D. The Balaban J connectivity index is 1.52. The largest absolute Gasteiger partial charge is 0.467 e. The number of benzene rings is 2. The van der Waals surface area contributed by atoms with Crippen molar-refractivity contribution in [2.45, 2.75) is 36.6 Å². The second-order valence-corrected chi connectivity index (χ2v) is 8.99. The number of anilines is 1. The van der Waals surface area contributed by atoms with Crippen molar-refractivity contribution in [1.29, 1.82) is 0 Å². The first kappa shape index (κ1) is 15.6. The van der Waals surface area contributed by atoms with Gasteiger partial charge >= 0.3 is 5.97 Å². The van der Waals surface area contributed by atoms with E-state index in [9.17, 15) is 4.79 Å². The third-order valence-electron chi connectivity index (χ3n) is 6.29. The van der Waals surface area contributed by atoms with Crippen LogP contribution < -0.4 is 14.8 Å². The molecule has 7 heteroatoms. The van der Waals surface area contributed by atoms with Crippen molar-refractivity contribution in [2.24, 2.45) is 0 Å². The number of allylic oxidation sites excluding steroid dienone is 1. The summed E-state index contributed by atoms with van der Waals surface area (Å²) in [7, 11) is 1.30. The summed E-state index contributed by atoms with van der Waals surface area (Å²) in [5.74, 6) is 0.894. The molecule has 1 heterocycles. The van der Waals surface area contributed by atoms with Gasteiger partial charge in [0.1, 0.15) is 5.54 Å². The normalized spacial score (nSPS) is 28.2. The van der Waals surface area contributed by atoms with Gasteiger partial charge in [0.05, 0.1) is 12.6 Å². The van der Waals surface area contributed by atoms with Crippen LogP contribution in [-0.4, -0.2) is 25.4 Å². The fraction of sp³-hybridized carbons (Fsp3) is 0.348. The minimum Gasteiger partial charge on any atom is -0.467 e. The lowest BCUT2D eigenvalue weighted by molar-refractivity contribution is -0.147. The maximum Gasteiger partial charge on any atom is 0.331 e. The summed E-state index contributed by atoms with van der Waals surface area (Å²) in [5.41, 5.74) is 0.522. The predicted molar refractivity (Wildman–Crippen MR) is 119 cm³/mol. The molecular formula is C23H21BrClNO4. The zero-order chi connectivity index (χ0) is 24.4. The molecular weight excluding hydrogens is 470 g/mol. The summed E-state index contributed by atoms with van der Waals surface area (Å²) >= 11 is 9.84. The fourth-order valence-electron chi connectivity index (χ4n) is 4.70. The molecule has 0 radical (unpaired) electrons. The Morgan fingerprint density at radius 3 is 2.70 bits per heavy atom. The van der Waals surface area contributed by atoms with Gasteiger partial charge in [0, 0.05) is 20.6 Å². The van der Waals surface area contributed by atoms with E-state index in [1.54, 1.807) is 0 Å². The summed E-state index contributed by atoms with van der Waals surface area (Å²) in [4.78, 5) is 13.0. The Morgan fingerprint density at radius 1 is 1.23 bits per heavy atom. The molecule has 2 aromatic carbocycles. The average molecular weight is 495 g/mol. The maximum atomic E-state index is 13.0. The number of ether oxygens (including phenoxy) is 3. The third kappa shape index (κ3) is 3.00. The van der Waals surface area contributed by atoms with Crippen LogP contribution in [0.1, 0.15) is 42.3 Å². The third-order valence-corrected chi connectivity index (χ3v) is 7.47. The molecule has 1 spiro atoms. The first-order valence-corrected chi connectivity index (χ1v) is 10.7. The molecule has 0 bridgehead atoms. The van der Waals surface area contributed by atoms with E-state index < -0.39 is 17.6 Å². The second kappa shape index (κ2) is 7.20. The number of nitrogens with one attached hydrogen (secondary N) is 1. The van der Waals surface area contributed by atoms with Gasteiger partial charge in [-0.2, -0.15) is 0 Å². The minimum absolute atomic E-state index is 0.0443. The fourth-order valence-corrected chi connectivity index (χ4v) is 5.70. The first-order chi connectivity index (χ1) is 16.1. The van der Waals surface area contributed by atoms with Gasteiger partial charge in [-0.1, -0.05) is 33.6 Å². The molecule has 156 valence electrons. The molecule has 30 heavy (non-hydrogen) atoms. The molecule has 1 fully saturated rings. The number of hydrogen-bond donors (Lipinski definition) is 1. The topological polar surface area (TPSA) is 56.8 Å². The zero-order valence-electron chi connectivity index (χ0n) is 20.2. The molecule has 0 unspecified atom stereocenters. The van der Waals surface area contributed by atoms with Gasteiger partial charge in [-0.15, -0.1) is 0 Å². The van der Waals surface area contributed by atoms with E-state index in [4.69, 9.17) is 31.3 Å². The predicted octanol–water partition coefficient (Wildman–Crippen LogP) is 5.65. The van der Waals surface area contributed by atoms with E-state index in [1.807, 2.05) is 12.1 Å². The van der Waals surface area contributed by atoms with Crippen molar-refractivity contribution in [2.75, 3.05) is 19.2 Å². The second-order valence-electron chi connectivity index (χ2n) is 7.75. The van der Waals surface area contributed by atoms with Gasteiger partial charge in [0.15, 0.2) is 11.5 Å². The Hall–Kier alpha value is -2.18. The van der Waals surface area contributed by atoms with Crippen LogP contribution >= 0.6 is 27.5 Å². The maximum absolute atomic E-state index is 13.0. The quantitative estimate of drug-likeness (QED) is 0.559. The highest BCUT2D eigenvalue weighted by molar-refractivity contribution is 9.11. The van der Waals surface area contributed by atoms with Crippen molar-refractivity contribution in [3.8, 4) is 11.5 Å². The van der Waals surface area contributed by atoms with E-state index in [-0.39, 0.29) is 41.0 Å². The summed E-state index contributed by atoms with van der Waals surface area (Å²) < 4.78 is 49.7. The van der Waals surface area contributed by atoms with Gasteiger partial charge in [0.25, 0.3) is 0 Å². The van der Waals surface area contributed by atoms with Crippen LogP contribution in [0, 0.1) is 0 Å². The van der Waals surface area contributed by atoms with Gasteiger partial charge in [-0.3, -0.25) is 0 Å². The van der Waals surface area contributed by atoms with E-state index in [0.29, 0.717) is 37.2 Å². The minimum atomic E-state index is -1.21. The Labute approximate surface area is 194 Å². The summed E-state index contributed by atoms with van der Waals surface area (Å²) in [5, 5.41) is 2.83. The van der Waals surface area contributed by atoms with Crippen LogP contribution in [0.15, 0.2) is 40.8 Å². The highest BCUT2D eigenvalue weighted by Crippen LogP contribution is 2.57. The lowest BCUT2D eigenvalue weighted by Crippen LogP contribution is -2.52. The first-order valence-electron chi connectivity index (χ1n) is 11.6. The van der Waals surface area contributed by atoms with E-state index in [1.165, 1.54) is 7.11 Å². The van der Waals surface area contributed by atoms with Gasteiger partial charge in [-0.05, 0) is 73.1 Å². The van der Waals surface area contributed by atoms with Crippen molar-refractivity contribution < 1.29 is 24.5 Å². The molecule has 1 N–H and O–H groups in total. The van der Waals surface area contributed by atoms with E-state index in [2.05, 4.69) is 27.3 Å². The number of fused-ring (bicyclic) bond motifs is 3. The lowest BCUT2D eigenvalue weighted by Gasteiger charge is -2.45. The molecule has 0 amide bonds. The number of carbonyl (C=O) groups excluding carboxylic acids is 1. The molecule has 5 nitrogen and oxygen atoms in total. The lowest BCUT2D eigenvalue weighted by atomic mass is 9.65. The van der Waals surface area contributed by atoms with Crippen LogP contribution in [0.5, 0.6) is 11.5 Å². The van der Waals surface area contributed by atoms with Crippen LogP contribution in [0.3, 0.4) is 0 Å². The SMILES string of the molecule is [2H]c1c([2H])c(Cl)c([2H])c(NC2(C(=O)OC)CCC3(CC2)C(Br)=Cc2cc4c(cc23)OCO4)c1[2H]. The number of carbonyl (C=O) groups is 1. The molecule has 3 aliphatic rings. The van der Waals surface area contributed by atoms with Gasteiger partial charge in [-0.25, -0.2) is 4.79 Å². The highest BCUT2D eigenvalue weighted by atomic mass is 79.9. The van der Waals surface area contributed by atoms with Crippen molar-refractivity contribution in [1.82, 2.24) is 0 Å².